The summed E-state index contributed by atoms with van der Waals surface area (Å²) in [5, 5.41) is 0. The first-order chi connectivity index (χ1) is 13.1. The molecule has 0 N–H and O–H groups in total. The highest BCUT2D eigenvalue weighted by atomic mass is 16.2. The fourth-order valence-electron chi connectivity index (χ4n) is 3.78. The number of likely N-dealkylation sites (tertiary alicyclic amines) is 1. The smallest absolute Gasteiger partial charge is 0.234 e. The van der Waals surface area contributed by atoms with Crippen LogP contribution in [-0.2, 0) is 16.0 Å². The number of piperidine rings is 1. The van der Waals surface area contributed by atoms with E-state index in [2.05, 4.69) is 29.2 Å². The predicted octanol–water partition coefficient (Wildman–Crippen LogP) is 3.71. The lowest BCUT2D eigenvalue weighted by molar-refractivity contribution is -0.126. The summed E-state index contributed by atoms with van der Waals surface area (Å²) in [4.78, 5) is 28.6. The van der Waals surface area contributed by atoms with E-state index in [1.54, 1.807) is 0 Å². The Morgan fingerprint density at radius 1 is 0.963 bits per heavy atom. The molecule has 0 atom stereocenters. The summed E-state index contributed by atoms with van der Waals surface area (Å²) in [5.41, 5.74) is 2.26. The maximum absolute atomic E-state index is 12.7. The monoisotopic (exact) mass is 364 g/mol. The van der Waals surface area contributed by atoms with Gasteiger partial charge in [-0.05, 0) is 43.9 Å². The average Bonchev–Trinajstić information content (AvgIpc) is 2.69. The van der Waals surface area contributed by atoms with Gasteiger partial charge in [-0.3, -0.25) is 9.59 Å². The summed E-state index contributed by atoms with van der Waals surface area (Å²) in [6.45, 7) is 4.49. The topological polar surface area (TPSA) is 40.6 Å². The van der Waals surface area contributed by atoms with E-state index in [4.69, 9.17) is 0 Å². The Hall–Kier alpha value is -2.46. The molecule has 1 heterocycles. The first kappa shape index (κ1) is 19.3. The number of nitrogens with zero attached hydrogens (tertiary/aromatic N) is 2. The molecule has 2 aromatic rings. The SMILES string of the molecule is CC(=O)CC(=O)N(c1ccccc1)C1CCN(CCc2ccccc2)CC1. The number of para-hydroxylation sites is 1. The number of ketones is 1. The number of hydrogen-bond donors (Lipinski definition) is 0. The van der Waals surface area contributed by atoms with Crippen molar-refractivity contribution in [2.24, 2.45) is 0 Å². The predicted molar refractivity (Wildman–Crippen MR) is 109 cm³/mol. The van der Waals surface area contributed by atoms with Crippen LogP contribution in [0.4, 0.5) is 5.69 Å². The van der Waals surface area contributed by atoms with Gasteiger partial charge in [0.05, 0.1) is 6.42 Å². The van der Waals surface area contributed by atoms with Gasteiger partial charge < -0.3 is 9.80 Å². The standard InChI is InChI=1S/C23H28N2O2/c1-19(26)18-23(27)25(21-10-6-3-7-11-21)22-13-16-24(17-14-22)15-12-20-8-4-2-5-9-20/h2-11,22H,12-18H2,1H3. The normalized spacial score (nSPS) is 15.4. The summed E-state index contributed by atoms with van der Waals surface area (Å²) in [7, 11) is 0. The second-order valence-electron chi connectivity index (χ2n) is 7.29. The maximum atomic E-state index is 12.7. The maximum Gasteiger partial charge on any atom is 0.234 e. The highest BCUT2D eigenvalue weighted by Gasteiger charge is 2.29. The quantitative estimate of drug-likeness (QED) is 0.703. The van der Waals surface area contributed by atoms with Crippen molar-refractivity contribution in [3.8, 4) is 0 Å². The van der Waals surface area contributed by atoms with Gasteiger partial charge in [-0.15, -0.1) is 0 Å². The van der Waals surface area contributed by atoms with E-state index >= 15 is 0 Å². The van der Waals surface area contributed by atoms with E-state index in [0.29, 0.717) is 0 Å². The molecule has 1 aliphatic heterocycles. The molecular weight excluding hydrogens is 336 g/mol. The highest BCUT2D eigenvalue weighted by molar-refractivity contribution is 6.05. The Bertz CT molecular complexity index is 737. The van der Waals surface area contributed by atoms with Gasteiger partial charge in [0.1, 0.15) is 5.78 Å². The molecule has 4 nitrogen and oxygen atoms in total. The minimum atomic E-state index is -0.0866. The summed E-state index contributed by atoms with van der Waals surface area (Å²) in [5.74, 6) is -0.169. The van der Waals surface area contributed by atoms with Crippen LogP contribution in [0.5, 0.6) is 0 Å². The van der Waals surface area contributed by atoms with E-state index in [1.165, 1.54) is 12.5 Å². The fourth-order valence-corrected chi connectivity index (χ4v) is 3.78. The van der Waals surface area contributed by atoms with Crippen molar-refractivity contribution in [2.45, 2.75) is 38.6 Å². The molecule has 0 radical (unpaired) electrons. The minimum absolute atomic E-state index is 0.0247. The van der Waals surface area contributed by atoms with Crippen molar-refractivity contribution < 1.29 is 9.59 Å². The van der Waals surface area contributed by atoms with Crippen LogP contribution >= 0.6 is 0 Å². The molecule has 0 unspecified atom stereocenters. The Morgan fingerprint density at radius 2 is 1.56 bits per heavy atom. The number of Topliss-reactive ketones (excluding diaryl/α,β-unsaturated/α-hetero) is 1. The molecule has 0 saturated carbocycles. The van der Waals surface area contributed by atoms with Crippen LogP contribution in [-0.4, -0.2) is 42.3 Å². The third-order valence-electron chi connectivity index (χ3n) is 5.19. The number of benzene rings is 2. The van der Waals surface area contributed by atoms with Crippen molar-refractivity contribution in [1.29, 1.82) is 0 Å². The molecule has 27 heavy (non-hydrogen) atoms. The minimum Gasteiger partial charge on any atom is -0.309 e. The highest BCUT2D eigenvalue weighted by Crippen LogP contribution is 2.24. The van der Waals surface area contributed by atoms with Crippen molar-refractivity contribution in [3.05, 3.63) is 66.2 Å². The Balaban J connectivity index is 1.60. The zero-order valence-electron chi connectivity index (χ0n) is 16.0. The molecule has 0 spiro atoms. The largest absolute Gasteiger partial charge is 0.309 e. The summed E-state index contributed by atoms with van der Waals surface area (Å²) in [6, 6.07) is 20.5. The van der Waals surface area contributed by atoms with Crippen LogP contribution in [0.25, 0.3) is 0 Å². The zero-order valence-corrected chi connectivity index (χ0v) is 16.0. The lowest BCUT2D eigenvalue weighted by Gasteiger charge is -2.38. The van der Waals surface area contributed by atoms with Gasteiger partial charge in [0.25, 0.3) is 0 Å². The number of anilines is 1. The van der Waals surface area contributed by atoms with E-state index in [9.17, 15) is 9.59 Å². The van der Waals surface area contributed by atoms with Crippen molar-refractivity contribution in [2.75, 3.05) is 24.5 Å². The summed E-state index contributed by atoms with van der Waals surface area (Å²) >= 11 is 0. The van der Waals surface area contributed by atoms with E-state index in [1.807, 2.05) is 41.3 Å². The number of hydrogen-bond acceptors (Lipinski definition) is 3. The first-order valence-corrected chi connectivity index (χ1v) is 9.76. The molecule has 0 aliphatic carbocycles. The van der Waals surface area contributed by atoms with E-state index < -0.39 is 0 Å². The second kappa shape index (κ2) is 9.47. The molecule has 3 rings (SSSR count). The first-order valence-electron chi connectivity index (χ1n) is 9.76. The van der Waals surface area contributed by atoms with Crippen LogP contribution in [0.1, 0.15) is 31.7 Å². The molecule has 1 saturated heterocycles. The fraction of sp³-hybridized carbons (Fsp3) is 0.391. The Kier molecular flexibility index (Phi) is 6.77. The summed E-state index contributed by atoms with van der Waals surface area (Å²) in [6.07, 6.45) is 2.90. The molecule has 4 heteroatoms. The molecule has 142 valence electrons. The van der Waals surface area contributed by atoms with Crippen LogP contribution in [0.3, 0.4) is 0 Å². The molecule has 1 fully saturated rings. The van der Waals surface area contributed by atoms with Crippen LogP contribution in [0.2, 0.25) is 0 Å². The lowest BCUT2D eigenvalue weighted by Crippen LogP contribution is -2.48. The van der Waals surface area contributed by atoms with Crippen molar-refractivity contribution >= 4 is 17.4 Å². The number of amides is 1. The third-order valence-corrected chi connectivity index (χ3v) is 5.19. The number of carbonyl (C=O) groups excluding carboxylic acids is 2. The lowest BCUT2D eigenvalue weighted by atomic mass is 10.0. The van der Waals surface area contributed by atoms with Crippen LogP contribution < -0.4 is 4.90 Å². The average molecular weight is 364 g/mol. The molecular formula is C23H28N2O2. The Morgan fingerprint density at radius 3 is 2.15 bits per heavy atom. The van der Waals surface area contributed by atoms with E-state index in [-0.39, 0.29) is 24.2 Å². The Labute approximate surface area is 161 Å². The van der Waals surface area contributed by atoms with E-state index in [0.717, 1.165) is 44.6 Å². The van der Waals surface area contributed by atoms with Gasteiger partial charge in [-0.25, -0.2) is 0 Å². The molecule has 0 bridgehead atoms. The van der Waals surface area contributed by atoms with Gasteiger partial charge >= 0.3 is 0 Å². The molecule has 0 aromatic heterocycles. The van der Waals surface area contributed by atoms with Crippen LogP contribution in [0.15, 0.2) is 60.7 Å². The van der Waals surface area contributed by atoms with Gasteiger partial charge in [0.2, 0.25) is 5.91 Å². The number of rotatable bonds is 7. The molecule has 2 aromatic carbocycles. The van der Waals surface area contributed by atoms with Crippen molar-refractivity contribution in [3.63, 3.8) is 0 Å². The third kappa shape index (κ3) is 5.51. The van der Waals surface area contributed by atoms with Crippen molar-refractivity contribution in [1.82, 2.24) is 4.90 Å². The molecule has 1 aliphatic rings. The van der Waals surface area contributed by atoms with Gasteiger partial charge in [-0.1, -0.05) is 48.5 Å². The van der Waals surface area contributed by atoms with Gasteiger partial charge in [0.15, 0.2) is 0 Å². The van der Waals surface area contributed by atoms with Crippen LogP contribution in [0, 0.1) is 0 Å². The zero-order chi connectivity index (χ0) is 19.1. The number of carbonyl (C=O) groups is 2. The summed E-state index contributed by atoms with van der Waals surface area (Å²) < 4.78 is 0. The second-order valence-corrected chi connectivity index (χ2v) is 7.29. The molecule has 1 amide bonds. The van der Waals surface area contributed by atoms with Gasteiger partial charge in [0, 0.05) is 31.4 Å². The van der Waals surface area contributed by atoms with Gasteiger partial charge in [-0.2, -0.15) is 0 Å².